The molecule has 0 saturated heterocycles. The van der Waals surface area contributed by atoms with Crippen molar-refractivity contribution in [1.29, 1.82) is 0 Å². The minimum absolute atomic E-state index is 0.00556. The van der Waals surface area contributed by atoms with Crippen molar-refractivity contribution in [1.82, 2.24) is 0 Å². The predicted octanol–water partition coefficient (Wildman–Crippen LogP) is 3.18. The lowest BCUT2D eigenvalue weighted by atomic mass is 9.84. The topological polar surface area (TPSA) is 60.2 Å². The van der Waals surface area contributed by atoms with Crippen LogP contribution in [0.2, 0.25) is 0 Å². The van der Waals surface area contributed by atoms with Gasteiger partial charge in [0, 0.05) is 18.4 Å². The first kappa shape index (κ1) is 13.8. The number of hydrogen-bond donors (Lipinski definition) is 1. The normalized spacial score (nSPS) is 16.2. The standard InChI is InChI=1S/C16H21NO2/c17-16(19)11-10-15(18)14-8-6-13(7-9-14)12-4-2-1-3-5-12/h6-9,12H,1-5,10-11H2,(H2,17,19). The number of rotatable bonds is 5. The third-order valence-corrected chi connectivity index (χ3v) is 3.91. The van der Waals surface area contributed by atoms with E-state index < -0.39 is 5.91 Å². The number of ketones is 1. The molecule has 0 unspecified atom stereocenters. The Bertz CT molecular complexity index is 444. The van der Waals surface area contributed by atoms with Crippen molar-refractivity contribution in [3.63, 3.8) is 0 Å². The molecule has 0 aliphatic heterocycles. The van der Waals surface area contributed by atoms with Gasteiger partial charge in [0.15, 0.2) is 5.78 Å². The van der Waals surface area contributed by atoms with Crippen molar-refractivity contribution in [3.05, 3.63) is 35.4 Å². The maximum atomic E-state index is 11.8. The van der Waals surface area contributed by atoms with Gasteiger partial charge in [-0.3, -0.25) is 9.59 Å². The van der Waals surface area contributed by atoms with Crippen molar-refractivity contribution in [2.75, 3.05) is 0 Å². The molecular formula is C16H21NO2. The van der Waals surface area contributed by atoms with Crippen molar-refractivity contribution in [2.24, 2.45) is 5.73 Å². The molecule has 2 N–H and O–H groups in total. The van der Waals surface area contributed by atoms with Crippen LogP contribution in [0, 0.1) is 0 Å². The molecule has 0 atom stereocenters. The molecule has 102 valence electrons. The van der Waals surface area contributed by atoms with Crippen LogP contribution in [0.1, 0.15) is 66.8 Å². The average Bonchev–Trinajstić information content (AvgIpc) is 2.46. The third kappa shape index (κ3) is 3.91. The summed E-state index contributed by atoms with van der Waals surface area (Å²) in [6, 6.07) is 7.89. The van der Waals surface area contributed by atoms with Gasteiger partial charge in [-0.25, -0.2) is 0 Å². The quantitative estimate of drug-likeness (QED) is 0.825. The zero-order valence-electron chi connectivity index (χ0n) is 11.2. The van der Waals surface area contributed by atoms with Gasteiger partial charge < -0.3 is 5.73 Å². The lowest BCUT2D eigenvalue weighted by molar-refractivity contribution is -0.118. The molecule has 1 aromatic carbocycles. The van der Waals surface area contributed by atoms with Crippen LogP contribution >= 0.6 is 0 Å². The van der Waals surface area contributed by atoms with E-state index in [0.717, 1.165) is 0 Å². The molecular weight excluding hydrogens is 238 g/mol. The van der Waals surface area contributed by atoms with E-state index in [-0.39, 0.29) is 18.6 Å². The van der Waals surface area contributed by atoms with Crippen molar-refractivity contribution in [2.45, 2.75) is 50.9 Å². The summed E-state index contributed by atoms with van der Waals surface area (Å²) in [4.78, 5) is 22.5. The van der Waals surface area contributed by atoms with Crippen molar-refractivity contribution in [3.8, 4) is 0 Å². The number of nitrogens with two attached hydrogens (primary N) is 1. The highest BCUT2D eigenvalue weighted by Gasteiger charge is 2.15. The molecule has 0 spiro atoms. The van der Waals surface area contributed by atoms with Gasteiger partial charge in [0.05, 0.1) is 0 Å². The van der Waals surface area contributed by atoms with E-state index in [2.05, 4.69) is 12.1 Å². The van der Waals surface area contributed by atoms with Gasteiger partial charge in [-0.15, -0.1) is 0 Å². The highest BCUT2D eigenvalue weighted by molar-refractivity contribution is 5.97. The fourth-order valence-electron chi connectivity index (χ4n) is 2.76. The zero-order chi connectivity index (χ0) is 13.7. The summed E-state index contributed by atoms with van der Waals surface area (Å²) in [5.74, 6) is 0.227. The number of amides is 1. The first-order valence-electron chi connectivity index (χ1n) is 7.08. The Kier molecular flexibility index (Phi) is 4.72. The molecule has 3 heteroatoms. The van der Waals surface area contributed by atoms with E-state index in [1.807, 2.05) is 12.1 Å². The highest BCUT2D eigenvalue weighted by Crippen LogP contribution is 2.32. The number of primary amides is 1. The Morgan fingerprint density at radius 2 is 1.63 bits per heavy atom. The molecule has 2 rings (SSSR count). The summed E-state index contributed by atoms with van der Waals surface area (Å²) in [7, 11) is 0. The lowest BCUT2D eigenvalue weighted by Crippen LogP contribution is -2.12. The highest BCUT2D eigenvalue weighted by atomic mass is 16.1. The van der Waals surface area contributed by atoms with Crippen LogP contribution < -0.4 is 5.73 Å². The largest absolute Gasteiger partial charge is 0.370 e. The second-order valence-corrected chi connectivity index (χ2v) is 5.35. The molecule has 0 heterocycles. The molecule has 19 heavy (non-hydrogen) atoms. The monoisotopic (exact) mass is 259 g/mol. The van der Waals surface area contributed by atoms with Crippen LogP contribution in [0.3, 0.4) is 0 Å². The van der Waals surface area contributed by atoms with Crippen LogP contribution in [-0.2, 0) is 4.79 Å². The SMILES string of the molecule is NC(=O)CCC(=O)c1ccc(C2CCCCC2)cc1. The molecule has 1 amide bonds. The van der Waals surface area contributed by atoms with E-state index in [9.17, 15) is 9.59 Å². The molecule has 3 nitrogen and oxygen atoms in total. The Morgan fingerprint density at radius 1 is 1.00 bits per heavy atom. The minimum atomic E-state index is -0.424. The Labute approximate surface area is 114 Å². The molecule has 0 bridgehead atoms. The van der Waals surface area contributed by atoms with Crippen molar-refractivity contribution < 1.29 is 9.59 Å². The molecule has 1 saturated carbocycles. The van der Waals surface area contributed by atoms with Gasteiger partial charge >= 0.3 is 0 Å². The van der Waals surface area contributed by atoms with Gasteiger partial charge in [-0.2, -0.15) is 0 Å². The van der Waals surface area contributed by atoms with E-state index in [1.54, 1.807) is 0 Å². The Hall–Kier alpha value is -1.64. The smallest absolute Gasteiger partial charge is 0.217 e. The molecule has 1 aromatic rings. The van der Waals surface area contributed by atoms with Crippen LogP contribution in [0.25, 0.3) is 0 Å². The summed E-state index contributed by atoms with van der Waals surface area (Å²) < 4.78 is 0. The summed E-state index contributed by atoms with van der Waals surface area (Å²) in [5, 5.41) is 0. The average molecular weight is 259 g/mol. The Morgan fingerprint density at radius 3 is 2.21 bits per heavy atom. The van der Waals surface area contributed by atoms with E-state index in [4.69, 9.17) is 5.73 Å². The maximum absolute atomic E-state index is 11.8. The van der Waals surface area contributed by atoms with Crippen LogP contribution in [0.4, 0.5) is 0 Å². The molecule has 0 aromatic heterocycles. The van der Waals surface area contributed by atoms with Gasteiger partial charge in [0.25, 0.3) is 0 Å². The van der Waals surface area contributed by atoms with Crippen LogP contribution in [0.5, 0.6) is 0 Å². The maximum Gasteiger partial charge on any atom is 0.217 e. The summed E-state index contributed by atoms with van der Waals surface area (Å²) >= 11 is 0. The van der Waals surface area contributed by atoms with E-state index in [0.29, 0.717) is 11.5 Å². The zero-order valence-corrected chi connectivity index (χ0v) is 11.2. The van der Waals surface area contributed by atoms with Crippen LogP contribution in [-0.4, -0.2) is 11.7 Å². The predicted molar refractivity (Wildman–Crippen MR) is 75.0 cm³/mol. The van der Waals surface area contributed by atoms with Crippen molar-refractivity contribution >= 4 is 11.7 Å². The minimum Gasteiger partial charge on any atom is -0.370 e. The lowest BCUT2D eigenvalue weighted by Gasteiger charge is -2.22. The van der Waals surface area contributed by atoms with E-state index in [1.165, 1.54) is 37.7 Å². The number of Topliss-reactive ketones (excluding diaryl/α,β-unsaturated/α-hetero) is 1. The Balaban J connectivity index is 1.97. The third-order valence-electron chi connectivity index (χ3n) is 3.91. The van der Waals surface area contributed by atoms with Gasteiger partial charge in [0.1, 0.15) is 0 Å². The summed E-state index contributed by atoms with van der Waals surface area (Å²) in [6.45, 7) is 0. The summed E-state index contributed by atoms with van der Waals surface area (Å²) in [5.41, 5.74) is 7.07. The van der Waals surface area contributed by atoms with Gasteiger partial charge in [-0.05, 0) is 24.3 Å². The number of carbonyl (C=O) groups is 2. The number of carbonyl (C=O) groups excluding carboxylic acids is 2. The molecule has 0 radical (unpaired) electrons. The first-order valence-corrected chi connectivity index (χ1v) is 7.08. The number of benzene rings is 1. The number of hydrogen-bond acceptors (Lipinski definition) is 2. The fraction of sp³-hybridized carbons (Fsp3) is 0.500. The van der Waals surface area contributed by atoms with Gasteiger partial charge in [-0.1, -0.05) is 43.5 Å². The van der Waals surface area contributed by atoms with Crippen LogP contribution in [0.15, 0.2) is 24.3 Å². The second-order valence-electron chi connectivity index (χ2n) is 5.35. The second kappa shape index (κ2) is 6.50. The molecule has 1 aliphatic rings. The molecule has 1 aliphatic carbocycles. The molecule has 1 fully saturated rings. The van der Waals surface area contributed by atoms with E-state index >= 15 is 0 Å². The summed E-state index contributed by atoms with van der Waals surface area (Å²) in [6.07, 6.45) is 6.82. The fourth-order valence-corrected chi connectivity index (χ4v) is 2.76. The first-order chi connectivity index (χ1) is 9.16. The van der Waals surface area contributed by atoms with Gasteiger partial charge in [0.2, 0.25) is 5.91 Å².